The van der Waals surface area contributed by atoms with Gasteiger partial charge in [0.1, 0.15) is 10.6 Å². The van der Waals surface area contributed by atoms with Crippen LogP contribution in [0, 0.1) is 12.3 Å². The fraction of sp³-hybridized carbons (Fsp3) is 0.381. The lowest BCUT2D eigenvalue weighted by molar-refractivity contribution is -0.123. The maximum atomic E-state index is 13.3. The Morgan fingerprint density at radius 1 is 1.19 bits per heavy atom. The van der Waals surface area contributed by atoms with Crippen molar-refractivity contribution < 1.29 is 26.4 Å². The van der Waals surface area contributed by atoms with Gasteiger partial charge < -0.3 is 4.74 Å². The van der Waals surface area contributed by atoms with Crippen LogP contribution in [0.1, 0.15) is 31.9 Å². The van der Waals surface area contributed by atoms with Crippen LogP contribution in [-0.4, -0.2) is 35.6 Å². The van der Waals surface area contributed by atoms with Crippen LogP contribution in [0.2, 0.25) is 0 Å². The molecule has 8 nitrogen and oxygen atoms in total. The Morgan fingerprint density at radius 3 is 2.42 bits per heavy atom. The van der Waals surface area contributed by atoms with E-state index in [1.54, 1.807) is 26.8 Å². The summed E-state index contributed by atoms with van der Waals surface area (Å²) in [4.78, 5) is 12.5. The highest BCUT2D eigenvalue weighted by atomic mass is 32.2. The van der Waals surface area contributed by atoms with E-state index in [1.807, 2.05) is 19.1 Å². The lowest BCUT2D eigenvalue weighted by Gasteiger charge is -2.20. The molecular weight excluding hydrogens is 440 g/mol. The Hall–Kier alpha value is -2.59. The average Bonchev–Trinajstić information content (AvgIpc) is 2.85. The van der Waals surface area contributed by atoms with Crippen molar-refractivity contribution in [2.24, 2.45) is 5.41 Å². The normalized spacial score (nSPS) is 17.6. The second-order valence-electron chi connectivity index (χ2n) is 8.11. The molecule has 0 radical (unpaired) electrons. The van der Waals surface area contributed by atoms with E-state index in [-0.39, 0.29) is 22.1 Å². The highest BCUT2D eigenvalue weighted by Crippen LogP contribution is 2.39. The zero-order chi connectivity index (χ0) is 23.2. The van der Waals surface area contributed by atoms with Crippen molar-refractivity contribution in [3.8, 4) is 5.75 Å². The number of methoxy groups -OCH3 is 1. The summed E-state index contributed by atoms with van der Waals surface area (Å²) in [5.74, 6) is -0.929. The third kappa shape index (κ3) is 4.14. The van der Waals surface area contributed by atoms with Crippen molar-refractivity contribution in [1.29, 1.82) is 0 Å². The van der Waals surface area contributed by atoms with Gasteiger partial charge in [-0.3, -0.25) is 9.52 Å². The summed E-state index contributed by atoms with van der Waals surface area (Å²) in [5.41, 5.74) is 0.878. The Labute approximate surface area is 183 Å². The number of ether oxygens (including phenoxy) is 1. The van der Waals surface area contributed by atoms with E-state index in [0.717, 1.165) is 17.2 Å². The summed E-state index contributed by atoms with van der Waals surface area (Å²) in [6.45, 7) is 6.79. The van der Waals surface area contributed by atoms with Gasteiger partial charge in [-0.1, -0.05) is 25.1 Å². The fourth-order valence-corrected chi connectivity index (χ4v) is 7.08. The third-order valence-electron chi connectivity index (χ3n) is 5.23. The maximum Gasteiger partial charge on any atom is 0.265 e. The molecule has 10 heteroatoms. The Morgan fingerprint density at radius 2 is 1.87 bits per heavy atom. The quantitative estimate of drug-likeness (QED) is 0.701. The second-order valence-corrected chi connectivity index (χ2v) is 11.6. The molecule has 0 unspecified atom stereocenters. The molecule has 2 aromatic rings. The van der Waals surface area contributed by atoms with E-state index in [2.05, 4.69) is 4.72 Å². The zero-order valence-electron chi connectivity index (χ0n) is 18.1. The van der Waals surface area contributed by atoms with E-state index < -0.39 is 31.4 Å². The first-order valence-corrected chi connectivity index (χ1v) is 12.8. The van der Waals surface area contributed by atoms with Crippen molar-refractivity contribution in [3.63, 3.8) is 0 Å². The van der Waals surface area contributed by atoms with E-state index in [4.69, 9.17) is 4.74 Å². The number of aryl methyl sites for hydroxylation is 2. The fourth-order valence-electron chi connectivity index (χ4n) is 3.62. The topological polar surface area (TPSA) is 110 Å². The average molecular weight is 467 g/mol. The number of hydrogen-bond donors (Lipinski definition) is 1. The SMILES string of the molecule is CCc1cccc(C)c1NS(=O)(=O)c1cc(N2C(=O)C(C)(C)CS2(=O)=O)ccc1OC. The maximum absolute atomic E-state index is 13.3. The van der Waals surface area contributed by atoms with E-state index in [1.165, 1.54) is 19.2 Å². The minimum absolute atomic E-state index is 0.0335. The predicted molar refractivity (Wildman–Crippen MR) is 119 cm³/mol. The van der Waals surface area contributed by atoms with Gasteiger partial charge in [-0.2, -0.15) is 0 Å². The minimum Gasteiger partial charge on any atom is -0.495 e. The number of benzene rings is 2. The number of rotatable bonds is 6. The van der Waals surface area contributed by atoms with Gasteiger partial charge in [-0.05, 0) is 56.5 Å². The van der Waals surface area contributed by atoms with Crippen LogP contribution < -0.4 is 13.8 Å². The molecule has 3 rings (SSSR count). The molecule has 31 heavy (non-hydrogen) atoms. The summed E-state index contributed by atoms with van der Waals surface area (Å²) in [6.07, 6.45) is 0.617. The zero-order valence-corrected chi connectivity index (χ0v) is 19.7. The Bertz CT molecular complexity index is 1250. The van der Waals surface area contributed by atoms with Crippen molar-refractivity contribution in [3.05, 3.63) is 47.5 Å². The summed E-state index contributed by atoms with van der Waals surface area (Å²) < 4.78 is 60.4. The molecule has 2 aromatic carbocycles. The minimum atomic E-state index is -4.15. The number of sulfonamides is 2. The largest absolute Gasteiger partial charge is 0.495 e. The molecule has 0 aromatic heterocycles. The molecule has 0 saturated carbocycles. The van der Waals surface area contributed by atoms with Crippen LogP contribution in [0.25, 0.3) is 0 Å². The van der Waals surface area contributed by atoms with Crippen LogP contribution in [0.3, 0.4) is 0 Å². The Kier molecular flexibility index (Phi) is 5.83. The van der Waals surface area contributed by atoms with Gasteiger partial charge in [0.05, 0.1) is 29.7 Å². The highest BCUT2D eigenvalue weighted by molar-refractivity contribution is 7.94. The number of anilines is 2. The van der Waals surface area contributed by atoms with Gasteiger partial charge in [-0.25, -0.2) is 21.1 Å². The summed E-state index contributed by atoms with van der Waals surface area (Å²) >= 11 is 0. The number of carbonyl (C=O) groups is 1. The van der Waals surface area contributed by atoms with Crippen molar-refractivity contribution >= 4 is 37.3 Å². The van der Waals surface area contributed by atoms with Gasteiger partial charge in [0.15, 0.2) is 0 Å². The molecule has 0 aliphatic carbocycles. The van der Waals surface area contributed by atoms with Gasteiger partial charge >= 0.3 is 0 Å². The standard InChI is InChI=1S/C21H26N2O6S2/c1-6-15-9-7-8-14(2)19(15)22-31(27,28)18-12-16(10-11-17(18)29-5)23-20(24)21(3,4)13-30(23,25)26/h7-12,22H,6,13H2,1-5H3. The van der Waals surface area contributed by atoms with Gasteiger partial charge in [0, 0.05) is 0 Å². The predicted octanol–water partition coefficient (Wildman–Crippen LogP) is 3.07. The first-order valence-electron chi connectivity index (χ1n) is 9.71. The number of carbonyl (C=O) groups excluding carboxylic acids is 1. The smallest absolute Gasteiger partial charge is 0.265 e. The van der Waals surface area contributed by atoms with Crippen LogP contribution >= 0.6 is 0 Å². The number of nitrogens with zero attached hydrogens (tertiary/aromatic N) is 1. The lowest BCUT2D eigenvalue weighted by Crippen LogP contribution is -2.33. The molecule has 1 aliphatic heterocycles. The lowest BCUT2D eigenvalue weighted by atomic mass is 9.95. The van der Waals surface area contributed by atoms with Crippen LogP contribution in [0.4, 0.5) is 11.4 Å². The summed E-state index contributed by atoms with van der Waals surface area (Å²) in [6, 6.07) is 9.33. The van der Waals surface area contributed by atoms with E-state index in [0.29, 0.717) is 16.4 Å². The molecule has 1 amide bonds. The second kappa shape index (κ2) is 7.83. The molecule has 1 aliphatic rings. The molecule has 1 saturated heterocycles. The first kappa shape index (κ1) is 23.1. The number of nitrogens with one attached hydrogen (secondary N) is 1. The first-order chi connectivity index (χ1) is 14.3. The number of amides is 1. The molecule has 0 bridgehead atoms. The molecule has 0 spiro atoms. The summed E-state index contributed by atoms with van der Waals surface area (Å²) in [5, 5.41) is 0. The third-order valence-corrected chi connectivity index (χ3v) is 8.62. The molecule has 1 heterocycles. The molecule has 0 atom stereocenters. The van der Waals surface area contributed by atoms with Crippen molar-refractivity contribution in [2.45, 2.75) is 39.0 Å². The molecule has 1 N–H and O–H groups in total. The monoisotopic (exact) mass is 466 g/mol. The van der Waals surface area contributed by atoms with Crippen LogP contribution in [0.15, 0.2) is 41.3 Å². The summed E-state index contributed by atoms with van der Waals surface area (Å²) in [7, 11) is -6.76. The van der Waals surface area contributed by atoms with Gasteiger partial charge in [0.2, 0.25) is 15.9 Å². The van der Waals surface area contributed by atoms with Gasteiger partial charge in [0.25, 0.3) is 10.0 Å². The van der Waals surface area contributed by atoms with E-state index in [9.17, 15) is 21.6 Å². The van der Waals surface area contributed by atoms with Gasteiger partial charge in [-0.15, -0.1) is 0 Å². The molecular formula is C21H26N2O6S2. The van der Waals surface area contributed by atoms with Crippen molar-refractivity contribution in [2.75, 3.05) is 21.9 Å². The van der Waals surface area contributed by atoms with Crippen LogP contribution in [-0.2, 0) is 31.3 Å². The number of hydrogen-bond acceptors (Lipinski definition) is 6. The van der Waals surface area contributed by atoms with Crippen molar-refractivity contribution in [1.82, 2.24) is 0 Å². The highest BCUT2D eigenvalue weighted by Gasteiger charge is 2.50. The molecule has 168 valence electrons. The van der Waals surface area contributed by atoms with Crippen LogP contribution in [0.5, 0.6) is 5.75 Å². The Balaban J connectivity index is 2.13. The number of para-hydroxylation sites is 1. The molecule has 1 fully saturated rings. The van der Waals surface area contributed by atoms with E-state index >= 15 is 0 Å².